The van der Waals surface area contributed by atoms with E-state index < -0.39 is 0 Å². The van der Waals surface area contributed by atoms with E-state index in [4.69, 9.17) is 5.73 Å². The van der Waals surface area contributed by atoms with Crippen molar-refractivity contribution in [3.63, 3.8) is 0 Å². The first-order valence-corrected chi connectivity index (χ1v) is 6.42. The first-order chi connectivity index (χ1) is 7.54. The summed E-state index contributed by atoms with van der Waals surface area (Å²) in [6.45, 7) is 8.88. The summed E-state index contributed by atoms with van der Waals surface area (Å²) in [5.74, 6) is 0.761. The highest BCUT2D eigenvalue weighted by atomic mass is 14.6. The molecule has 1 aromatic rings. The second-order valence-electron chi connectivity index (χ2n) is 5.16. The van der Waals surface area contributed by atoms with Gasteiger partial charge in [-0.3, -0.25) is 0 Å². The van der Waals surface area contributed by atoms with E-state index in [0.29, 0.717) is 0 Å². The summed E-state index contributed by atoms with van der Waals surface area (Å²) in [5, 5.41) is 0. The van der Waals surface area contributed by atoms with Crippen molar-refractivity contribution in [2.45, 2.75) is 53.4 Å². The van der Waals surface area contributed by atoms with Gasteiger partial charge in [0.25, 0.3) is 0 Å². The molecule has 0 fully saturated rings. The van der Waals surface area contributed by atoms with Crippen molar-refractivity contribution in [3.05, 3.63) is 28.8 Å². The maximum absolute atomic E-state index is 5.99. The zero-order valence-electron chi connectivity index (χ0n) is 11.1. The summed E-state index contributed by atoms with van der Waals surface area (Å²) in [5.41, 5.74) is 11.1. The topological polar surface area (TPSA) is 26.0 Å². The molecule has 90 valence electrons. The van der Waals surface area contributed by atoms with Crippen LogP contribution in [-0.4, -0.2) is 0 Å². The van der Waals surface area contributed by atoms with Crippen molar-refractivity contribution >= 4 is 5.69 Å². The van der Waals surface area contributed by atoms with E-state index in [1.165, 1.54) is 36.0 Å². The first-order valence-electron chi connectivity index (χ1n) is 6.42. The lowest BCUT2D eigenvalue weighted by molar-refractivity contribution is 0.584. The Kier molecular flexibility index (Phi) is 4.85. The highest BCUT2D eigenvalue weighted by Gasteiger charge is 2.06. The number of benzene rings is 1. The predicted molar refractivity (Wildman–Crippen MR) is 72.7 cm³/mol. The lowest BCUT2D eigenvalue weighted by atomic mass is 9.94. The van der Waals surface area contributed by atoms with Gasteiger partial charge in [0.05, 0.1) is 0 Å². The van der Waals surface area contributed by atoms with Gasteiger partial charge in [-0.15, -0.1) is 0 Å². The Labute approximate surface area is 100 Å². The number of aryl methyl sites for hydroxylation is 3. The molecule has 0 unspecified atom stereocenters. The molecule has 0 aliphatic carbocycles. The fourth-order valence-electron chi connectivity index (χ4n) is 2.01. The van der Waals surface area contributed by atoms with Gasteiger partial charge in [0.2, 0.25) is 0 Å². The summed E-state index contributed by atoms with van der Waals surface area (Å²) in [6, 6.07) is 4.46. The SMILES string of the molecule is CCCc1cc(C)c(N)cc1CCC(C)C. The second-order valence-corrected chi connectivity index (χ2v) is 5.16. The minimum absolute atomic E-state index is 0.761. The fraction of sp³-hybridized carbons (Fsp3) is 0.600. The largest absolute Gasteiger partial charge is 0.399 e. The van der Waals surface area contributed by atoms with Crippen LogP contribution in [0.2, 0.25) is 0 Å². The van der Waals surface area contributed by atoms with Gasteiger partial charge in [-0.2, -0.15) is 0 Å². The zero-order chi connectivity index (χ0) is 12.1. The minimum Gasteiger partial charge on any atom is -0.399 e. The highest BCUT2D eigenvalue weighted by Crippen LogP contribution is 2.22. The van der Waals surface area contributed by atoms with Crippen molar-refractivity contribution in [3.8, 4) is 0 Å². The van der Waals surface area contributed by atoms with Crippen LogP contribution in [0.3, 0.4) is 0 Å². The van der Waals surface area contributed by atoms with Crippen molar-refractivity contribution in [2.24, 2.45) is 5.92 Å². The van der Waals surface area contributed by atoms with Crippen LogP contribution >= 0.6 is 0 Å². The third-order valence-electron chi connectivity index (χ3n) is 3.10. The average Bonchev–Trinajstić information content (AvgIpc) is 2.21. The zero-order valence-corrected chi connectivity index (χ0v) is 11.1. The predicted octanol–water partition coefficient (Wildman–Crippen LogP) is 4.12. The Morgan fingerprint density at radius 3 is 2.31 bits per heavy atom. The molecule has 0 saturated carbocycles. The van der Waals surface area contributed by atoms with Gasteiger partial charge in [0.15, 0.2) is 0 Å². The van der Waals surface area contributed by atoms with Gasteiger partial charge in [-0.25, -0.2) is 0 Å². The third-order valence-corrected chi connectivity index (χ3v) is 3.10. The van der Waals surface area contributed by atoms with Crippen LogP contribution in [0.25, 0.3) is 0 Å². The van der Waals surface area contributed by atoms with E-state index in [2.05, 4.69) is 39.8 Å². The van der Waals surface area contributed by atoms with Crippen molar-refractivity contribution in [2.75, 3.05) is 5.73 Å². The van der Waals surface area contributed by atoms with E-state index in [1.54, 1.807) is 0 Å². The number of anilines is 1. The normalized spacial score (nSPS) is 11.1. The Balaban J connectivity index is 2.90. The number of nitrogens with two attached hydrogens (primary N) is 1. The number of nitrogen functional groups attached to an aromatic ring is 1. The summed E-state index contributed by atoms with van der Waals surface area (Å²) < 4.78 is 0. The molecule has 0 spiro atoms. The summed E-state index contributed by atoms with van der Waals surface area (Å²) in [4.78, 5) is 0. The Hall–Kier alpha value is -0.980. The summed E-state index contributed by atoms with van der Waals surface area (Å²) in [6.07, 6.45) is 4.79. The fourth-order valence-corrected chi connectivity index (χ4v) is 2.01. The molecule has 0 aromatic heterocycles. The van der Waals surface area contributed by atoms with Gasteiger partial charge in [0.1, 0.15) is 0 Å². The van der Waals surface area contributed by atoms with Crippen molar-refractivity contribution in [1.29, 1.82) is 0 Å². The number of rotatable bonds is 5. The van der Waals surface area contributed by atoms with Crippen LogP contribution in [-0.2, 0) is 12.8 Å². The number of hydrogen-bond acceptors (Lipinski definition) is 1. The van der Waals surface area contributed by atoms with Crippen molar-refractivity contribution < 1.29 is 0 Å². The maximum atomic E-state index is 5.99. The van der Waals surface area contributed by atoms with Gasteiger partial charge in [-0.1, -0.05) is 33.3 Å². The molecule has 1 rings (SSSR count). The van der Waals surface area contributed by atoms with Gasteiger partial charge >= 0.3 is 0 Å². The van der Waals surface area contributed by atoms with Crippen LogP contribution < -0.4 is 5.73 Å². The first kappa shape index (κ1) is 13.1. The van der Waals surface area contributed by atoms with Gasteiger partial charge in [0, 0.05) is 5.69 Å². The molecule has 2 N–H and O–H groups in total. The Bertz CT molecular complexity index is 340. The van der Waals surface area contributed by atoms with Crippen LogP contribution in [0, 0.1) is 12.8 Å². The third kappa shape index (κ3) is 3.55. The molecule has 0 amide bonds. The van der Waals surface area contributed by atoms with Gasteiger partial charge in [-0.05, 0) is 54.9 Å². The molecule has 0 heterocycles. The molecular weight excluding hydrogens is 194 g/mol. The van der Waals surface area contributed by atoms with Crippen molar-refractivity contribution in [1.82, 2.24) is 0 Å². The maximum Gasteiger partial charge on any atom is 0.0346 e. The lowest BCUT2D eigenvalue weighted by Crippen LogP contribution is -2.01. The molecule has 0 aliphatic rings. The van der Waals surface area contributed by atoms with Gasteiger partial charge < -0.3 is 5.73 Å². The molecule has 0 radical (unpaired) electrons. The molecular formula is C15H25N. The number of hydrogen-bond donors (Lipinski definition) is 1. The highest BCUT2D eigenvalue weighted by molar-refractivity contribution is 5.51. The summed E-state index contributed by atoms with van der Waals surface area (Å²) in [7, 11) is 0. The second kappa shape index (κ2) is 5.93. The average molecular weight is 219 g/mol. The van der Waals surface area contributed by atoms with Crippen LogP contribution in [0.1, 0.15) is 50.3 Å². The molecule has 0 atom stereocenters. The van der Waals surface area contributed by atoms with Crippen LogP contribution in [0.5, 0.6) is 0 Å². The Morgan fingerprint density at radius 1 is 1.12 bits per heavy atom. The van der Waals surface area contributed by atoms with Crippen LogP contribution in [0.15, 0.2) is 12.1 Å². The monoisotopic (exact) mass is 219 g/mol. The van der Waals surface area contributed by atoms with E-state index >= 15 is 0 Å². The van der Waals surface area contributed by atoms with Crippen LogP contribution in [0.4, 0.5) is 5.69 Å². The van der Waals surface area contributed by atoms with E-state index in [1.807, 2.05) is 0 Å². The standard InChI is InChI=1S/C15H25N/c1-5-6-13-9-12(4)15(16)10-14(13)8-7-11(2)3/h9-11H,5-8,16H2,1-4H3. The molecule has 0 saturated heterocycles. The van der Waals surface area contributed by atoms with E-state index in [9.17, 15) is 0 Å². The molecule has 1 heteroatoms. The summed E-state index contributed by atoms with van der Waals surface area (Å²) >= 11 is 0. The minimum atomic E-state index is 0.761. The quantitative estimate of drug-likeness (QED) is 0.741. The molecule has 0 aliphatic heterocycles. The molecule has 1 nitrogen and oxygen atoms in total. The van der Waals surface area contributed by atoms with E-state index in [0.717, 1.165) is 18.0 Å². The van der Waals surface area contributed by atoms with E-state index in [-0.39, 0.29) is 0 Å². The Morgan fingerprint density at radius 2 is 1.75 bits per heavy atom. The smallest absolute Gasteiger partial charge is 0.0346 e. The molecule has 0 bridgehead atoms. The lowest BCUT2D eigenvalue weighted by Gasteiger charge is -2.13. The molecule has 16 heavy (non-hydrogen) atoms. The molecule has 1 aromatic carbocycles.